The van der Waals surface area contributed by atoms with Gasteiger partial charge in [0.2, 0.25) is 5.91 Å². The fourth-order valence-electron chi connectivity index (χ4n) is 2.39. The summed E-state index contributed by atoms with van der Waals surface area (Å²) in [5.74, 6) is -5.05. The summed E-state index contributed by atoms with van der Waals surface area (Å²) in [6.45, 7) is 0.886. The number of carbonyl (C=O) groups is 2. The zero-order valence-electron chi connectivity index (χ0n) is 12.6. The van der Waals surface area contributed by atoms with Crippen molar-refractivity contribution in [3.05, 3.63) is 0 Å². The van der Waals surface area contributed by atoms with Gasteiger partial charge in [-0.15, -0.1) is 0 Å². The Morgan fingerprint density at radius 3 is 2.48 bits per heavy atom. The van der Waals surface area contributed by atoms with Gasteiger partial charge in [-0.2, -0.15) is 0 Å². The van der Waals surface area contributed by atoms with Gasteiger partial charge in [-0.25, -0.2) is 4.79 Å². The standard InChI is InChI=1S/C13H23NO9/c1-2-3-8(18)14-9-6(16)4-13(22,12(20)21)23-11(9)10(19)7(17)5-15/h6-7,9-11,15-17,19,22H,2-5H2,1H3,(H,14,18)(H,20,21)/t6-,7+,9+,10+,11+,13?/m0/s1. The number of hydrogen-bond acceptors (Lipinski definition) is 8. The van der Waals surface area contributed by atoms with Crippen molar-refractivity contribution in [1.82, 2.24) is 5.32 Å². The van der Waals surface area contributed by atoms with Gasteiger partial charge >= 0.3 is 5.97 Å². The van der Waals surface area contributed by atoms with Crippen LogP contribution in [-0.2, 0) is 14.3 Å². The highest BCUT2D eigenvalue weighted by Gasteiger charge is 2.53. The van der Waals surface area contributed by atoms with Crippen molar-refractivity contribution in [1.29, 1.82) is 0 Å². The molecule has 0 aromatic rings. The number of nitrogens with one attached hydrogen (secondary N) is 1. The molecule has 7 N–H and O–H groups in total. The van der Waals surface area contributed by atoms with E-state index in [0.29, 0.717) is 6.42 Å². The van der Waals surface area contributed by atoms with Gasteiger partial charge in [0.05, 0.1) is 18.8 Å². The Morgan fingerprint density at radius 2 is 2.00 bits per heavy atom. The molecule has 23 heavy (non-hydrogen) atoms. The van der Waals surface area contributed by atoms with Crippen LogP contribution in [0.5, 0.6) is 0 Å². The fraction of sp³-hybridized carbons (Fsp3) is 0.846. The summed E-state index contributed by atoms with van der Waals surface area (Å²) in [4.78, 5) is 22.8. The predicted molar refractivity (Wildman–Crippen MR) is 74.0 cm³/mol. The maximum Gasteiger partial charge on any atom is 0.364 e. The van der Waals surface area contributed by atoms with Crippen LogP contribution in [0.1, 0.15) is 26.2 Å². The zero-order chi connectivity index (χ0) is 17.8. The molecule has 1 aliphatic rings. The number of hydrogen-bond donors (Lipinski definition) is 7. The van der Waals surface area contributed by atoms with Gasteiger partial charge in [0.15, 0.2) is 0 Å². The number of ether oxygens (including phenoxy) is 1. The summed E-state index contributed by atoms with van der Waals surface area (Å²) >= 11 is 0. The average molecular weight is 337 g/mol. The molecule has 1 fully saturated rings. The quantitative estimate of drug-likeness (QED) is 0.254. The number of carboxylic acid groups (broad SMARTS) is 1. The van der Waals surface area contributed by atoms with E-state index in [1.807, 2.05) is 0 Å². The Hall–Kier alpha value is -1.30. The Morgan fingerprint density at radius 1 is 1.39 bits per heavy atom. The van der Waals surface area contributed by atoms with Gasteiger partial charge < -0.3 is 40.7 Å². The van der Waals surface area contributed by atoms with Gasteiger partial charge in [0.1, 0.15) is 18.3 Å². The highest BCUT2D eigenvalue weighted by atomic mass is 16.7. The van der Waals surface area contributed by atoms with Crippen molar-refractivity contribution in [3.8, 4) is 0 Å². The average Bonchev–Trinajstić information content (AvgIpc) is 2.48. The number of aliphatic hydroxyl groups excluding tert-OH is 4. The molecule has 1 heterocycles. The molecule has 0 radical (unpaired) electrons. The number of carboxylic acids is 1. The van der Waals surface area contributed by atoms with Crippen molar-refractivity contribution in [2.75, 3.05) is 6.61 Å². The highest BCUT2D eigenvalue weighted by Crippen LogP contribution is 2.30. The van der Waals surface area contributed by atoms with E-state index in [0.717, 1.165) is 0 Å². The van der Waals surface area contributed by atoms with Crippen molar-refractivity contribution in [3.63, 3.8) is 0 Å². The van der Waals surface area contributed by atoms with Crippen molar-refractivity contribution in [2.24, 2.45) is 0 Å². The summed E-state index contributed by atoms with van der Waals surface area (Å²) in [5.41, 5.74) is 0. The summed E-state index contributed by atoms with van der Waals surface area (Å²) in [5, 5.41) is 59.8. The Bertz CT molecular complexity index is 432. The van der Waals surface area contributed by atoms with Crippen molar-refractivity contribution < 1.29 is 45.0 Å². The normalized spacial score (nSPS) is 33.7. The van der Waals surface area contributed by atoms with Crippen LogP contribution in [0.15, 0.2) is 0 Å². The molecule has 0 aromatic carbocycles. The lowest BCUT2D eigenvalue weighted by atomic mass is 9.88. The fourth-order valence-corrected chi connectivity index (χ4v) is 2.39. The van der Waals surface area contributed by atoms with Gasteiger partial charge in [-0.05, 0) is 6.42 Å². The minimum atomic E-state index is -2.79. The zero-order valence-corrected chi connectivity index (χ0v) is 12.6. The third kappa shape index (κ3) is 4.59. The summed E-state index contributed by atoms with van der Waals surface area (Å²) in [6, 6.07) is -1.26. The molecule has 1 saturated heterocycles. The molecule has 0 bridgehead atoms. The Kier molecular flexibility index (Phi) is 6.86. The first-order valence-corrected chi connectivity index (χ1v) is 7.24. The second-order valence-corrected chi connectivity index (χ2v) is 5.53. The molecule has 6 atom stereocenters. The monoisotopic (exact) mass is 337 g/mol. The molecular weight excluding hydrogens is 314 g/mol. The summed E-state index contributed by atoms with van der Waals surface area (Å²) < 4.78 is 4.94. The van der Waals surface area contributed by atoms with Crippen molar-refractivity contribution in [2.45, 2.75) is 62.4 Å². The van der Waals surface area contributed by atoms with E-state index in [1.165, 1.54) is 0 Å². The lowest BCUT2D eigenvalue weighted by Crippen LogP contribution is -2.67. The third-order valence-electron chi connectivity index (χ3n) is 3.64. The van der Waals surface area contributed by atoms with E-state index in [2.05, 4.69) is 5.32 Å². The third-order valence-corrected chi connectivity index (χ3v) is 3.64. The second-order valence-electron chi connectivity index (χ2n) is 5.53. The Labute approximate surface area is 132 Å². The molecule has 0 aliphatic carbocycles. The SMILES string of the molecule is CCCC(=O)N[C@H]1[C@H]([C@H](O)[C@H](O)CO)OC(O)(C(=O)O)C[C@@H]1O. The number of aliphatic carboxylic acids is 1. The van der Waals surface area contributed by atoms with Gasteiger partial charge in [0.25, 0.3) is 5.79 Å². The largest absolute Gasteiger partial charge is 0.477 e. The molecule has 10 heteroatoms. The van der Waals surface area contributed by atoms with Gasteiger partial charge in [-0.1, -0.05) is 6.92 Å². The number of carbonyl (C=O) groups excluding carboxylic acids is 1. The van der Waals surface area contributed by atoms with Crippen LogP contribution in [-0.4, -0.2) is 85.4 Å². The first-order valence-electron chi connectivity index (χ1n) is 7.24. The molecule has 1 unspecified atom stereocenters. The molecule has 134 valence electrons. The van der Waals surface area contributed by atoms with Crippen LogP contribution in [0.2, 0.25) is 0 Å². The second kappa shape index (κ2) is 7.99. The predicted octanol–water partition coefficient (Wildman–Crippen LogP) is -3.09. The van der Waals surface area contributed by atoms with E-state index in [4.69, 9.17) is 14.9 Å². The molecule has 0 aromatic heterocycles. The molecule has 0 spiro atoms. The van der Waals surface area contributed by atoms with Gasteiger partial charge in [-0.3, -0.25) is 4.79 Å². The van der Waals surface area contributed by atoms with E-state index in [-0.39, 0.29) is 6.42 Å². The first-order chi connectivity index (χ1) is 10.7. The number of aliphatic hydroxyl groups is 5. The molecule has 0 saturated carbocycles. The summed E-state index contributed by atoms with van der Waals surface area (Å²) in [6.07, 6.45) is -6.84. The van der Waals surface area contributed by atoms with E-state index in [1.54, 1.807) is 6.92 Å². The molecule has 1 amide bonds. The minimum Gasteiger partial charge on any atom is -0.477 e. The molecule has 10 nitrogen and oxygen atoms in total. The highest BCUT2D eigenvalue weighted by molar-refractivity contribution is 5.77. The maximum absolute atomic E-state index is 11.7. The number of amides is 1. The van der Waals surface area contributed by atoms with Crippen LogP contribution in [0.4, 0.5) is 0 Å². The van der Waals surface area contributed by atoms with Crippen LogP contribution in [0, 0.1) is 0 Å². The van der Waals surface area contributed by atoms with Crippen molar-refractivity contribution >= 4 is 11.9 Å². The minimum absolute atomic E-state index is 0.123. The van der Waals surface area contributed by atoms with E-state index < -0.39 is 61.1 Å². The summed E-state index contributed by atoms with van der Waals surface area (Å²) in [7, 11) is 0. The van der Waals surface area contributed by atoms with E-state index >= 15 is 0 Å². The first kappa shape index (κ1) is 19.7. The lowest BCUT2D eigenvalue weighted by Gasteiger charge is -2.44. The smallest absolute Gasteiger partial charge is 0.364 e. The van der Waals surface area contributed by atoms with E-state index in [9.17, 15) is 30.0 Å². The van der Waals surface area contributed by atoms with Gasteiger partial charge in [0, 0.05) is 12.8 Å². The van der Waals surface area contributed by atoms with Crippen LogP contribution in [0.3, 0.4) is 0 Å². The topological polar surface area (TPSA) is 177 Å². The van der Waals surface area contributed by atoms with Crippen LogP contribution < -0.4 is 5.32 Å². The molecule has 1 aliphatic heterocycles. The maximum atomic E-state index is 11.7. The lowest BCUT2D eigenvalue weighted by molar-refractivity contribution is -0.295. The Balaban J connectivity index is 3.04. The van der Waals surface area contributed by atoms with Crippen LogP contribution >= 0.6 is 0 Å². The molecular formula is C13H23NO9. The van der Waals surface area contributed by atoms with Crippen LogP contribution in [0.25, 0.3) is 0 Å². The molecule has 1 rings (SSSR count). The number of rotatable bonds is 7.